The Labute approximate surface area is 130 Å². The second-order valence-electron chi connectivity index (χ2n) is 6.82. The molecule has 2 unspecified atom stereocenters. The molecular formula is C19H31NO. The molecule has 0 aromatic heterocycles. The van der Waals surface area contributed by atoms with Gasteiger partial charge in [-0.25, -0.2) is 0 Å². The lowest BCUT2D eigenvalue weighted by Gasteiger charge is -2.21. The fraction of sp³-hybridized carbons (Fsp3) is 0.684. The number of rotatable bonds is 6. The SMILES string of the molecule is CCC1CCCC(Nc2ccccc2OCC(C)C)CC1. The van der Waals surface area contributed by atoms with E-state index in [1.165, 1.54) is 38.5 Å². The number of benzene rings is 1. The summed E-state index contributed by atoms with van der Waals surface area (Å²) >= 11 is 0. The lowest BCUT2D eigenvalue weighted by molar-refractivity contribution is 0.272. The molecule has 0 heterocycles. The third kappa shape index (κ3) is 5.26. The number of nitrogens with one attached hydrogen (secondary N) is 1. The molecule has 0 aliphatic heterocycles. The average molecular weight is 289 g/mol. The highest BCUT2D eigenvalue weighted by Gasteiger charge is 2.18. The van der Waals surface area contributed by atoms with E-state index < -0.39 is 0 Å². The van der Waals surface area contributed by atoms with E-state index >= 15 is 0 Å². The molecule has 0 saturated heterocycles. The molecule has 0 spiro atoms. The maximum absolute atomic E-state index is 5.95. The van der Waals surface area contributed by atoms with Gasteiger partial charge in [0.05, 0.1) is 12.3 Å². The molecule has 1 aromatic carbocycles. The smallest absolute Gasteiger partial charge is 0.142 e. The molecule has 21 heavy (non-hydrogen) atoms. The predicted octanol–water partition coefficient (Wildman–Crippen LogP) is 5.49. The van der Waals surface area contributed by atoms with E-state index in [1.807, 2.05) is 0 Å². The van der Waals surface area contributed by atoms with Crippen LogP contribution in [0.1, 0.15) is 59.3 Å². The first kappa shape index (κ1) is 16.2. The Morgan fingerprint density at radius 1 is 1.14 bits per heavy atom. The van der Waals surface area contributed by atoms with Crippen molar-refractivity contribution < 1.29 is 4.74 Å². The molecule has 1 saturated carbocycles. The van der Waals surface area contributed by atoms with Crippen molar-refractivity contribution in [2.75, 3.05) is 11.9 Å². The Morgan fingerprint density at radius 2 is 1.95 bits per heavy atom. The summed E-state index contributed by atoms with van der Waals surface area (Å²) in [5.41, 5.74) is 1.16. The van der Waals surface area contributed by atoms with Crippen LogP contribution in [0.15, 0.2) is 24.3 Å². The predicted molar refractivity (Wildman–Crippen MR) is 91.1 cm³/mol. The minimum Gasteiger partial charge on any atom is -0.491 e. The molecule has 2 nitrogen and oxygen atoms in total. The summed E-state index contributed by atoms with van der Waals surface area (Å²) < 4.78 is 5.95. The highest BCUT2D eigenvalue weighted by molar-refractivity contribution is 5.56. The summed E-state index contributed by atoms with van der Waals surface area (Å²) in [5.74, 6) is 2.49. The summed E-state index contributed by atoms with van der Waals surface area (Å²) in [6.45, 7) is 7.48. The van der Waals surface area contributed by atoms with Crippen molar-refractivity contribution in [3.05, 3.63) is 24.3 Å². The van der Waals surface area contributed by atoms with Crippen LogP contribution in [-0.2, 0) is 0 Å². The van der Waals surface area contributed by atoms with Gasteiger partial charge in [0, 0.05) is 6.04 Å². The molecule has 2 atom stereocenters. The van der Waals surface area contributed by atoms with E-state index in [0.29, 0.717) is 12.0 Å². The van der Waals surface area contributed by atoms with Crippen molar-refractivity contribution in [3.63, 3.8) is 0 Å². The van der Waals surface area contributed by atoms with E-state index in [-0.39, 0.29) is 0 Å². The first-order valence-corrected chi connectivity index (χ1v) is 8.67. The number of hydrogen-bond acceptors (Lipinski definition) is 2. The zero-order valence-corrected chi connectivity index (χ0v) is 13.9. The first-order valence-electron chi connectivity index (χ1n) is 8.67. The van der Waals surface area contributed by atoms with Crippen LogP contribution in [0.25, 0.3) is 0 Å². The molecule has 118 valence electrons. The second kappa shape index (κ2) is 8.31. The third-order valence-corrected chi connectivity index (χ3v) is 4.48. The Morgan fingerprint density at radius 3 is 2.71 bits per heavy atom. The van der Waals surface area contributed by atoms with Gasteiger partial charge in [-0.05, 0) is 43.2 Å². The molecule has 1 N–H and O–H groups in total. The highest BCUT2D eigenvalue weighted by Crippen LogP contribution is 2.30. The number of ether oxygens (including phenoxy) is 1. The van der Waals surface area contributed by atoms with Gasteiger partial charge >= 0.3 is 0 Å². The zero-order valence-electron chi connectivity index (χ0n) is 13.9. The fourth-order valence-corrected chi connectivity index (χ4v) is 3.12. The Balaban J connectivity index is 1.95. The normalized spacial score (nSPS) is 22.9. The molecule has 0 bridgehead atoms. The topological polar surface area (TPSA) is 21.3 Å². The van der Waals surface area contributed by atoms with Crippen LogP contribution < -0.4 is 10.1 Å². The number of para-hydroxylation sites is 2. The molecule has 1 aliphatic rings. The van der Waals surface area contributed by atoms with Crippen molar-refractivity contribution in [1.29, 1.82) is 0 Å². The first-order chi connectivity index (χ1) is 10.2. The lowest BCUT2D eigenvalue weighted by atomic mass is 9.98. The van der Waals surface area contributed by atoms with Crippen LogP contribution in [0.3, 0.4) is 0 Å². The number of anilines is 1. The van der Waals surface area contributed by atoms with Crippen LogP contribution in [0.4, 0.5) is 5.69 Å². The van der Waals surface area contributed by atoms with Crippen molar-refractivity contribution >= 4 is 5.69 Å². The quantitative estimate of drug-likeness (QED) is 0.699. The average Bonchev–Trinajstić information content (AvgIpc) is 2.71. The van der Waals surface area contributed by atoms with Crippen LogP contribution in [0.2, 0.25) is 0 Å². The Kier molecular flexibility index (Phi) is 6.41. The van der Waals surface area contributed by atoms with Gasteiger partial charge in [0.2, 0.25) is 0 Å². The van der Waals surface area contributed by atoms with Gasteiger partial charge in [-0.3, -0.25) is 0 Å². The standard InChI is InChI=1S/C19H31NO/c1-4-16-8-7-9-17(13-12-16)20-18-10-5-6-11-19(18)21-14-15(2)3/h5-6,10-11,15-17,20H,4,7-9,12-14H2,1-3H3. The minimum absolute atomic E-state index is 0.557. The molecule has 2 heteroatoms. The van der Waals surface area contributed by atoms with Crippen molar-refractivity contribution in [1.82, 2.24) is 0 Å². The van der Waals surface area contributed by atoms with Gasteiger partial charge in [-0.1, -0.05) is 52.2 Å². The van der Waals surface area contributed by atoms with Crippen molar-refractivity contribution in [2.45, 2.75) is 65.3 Å². The van der Waals surface area contributed by atoms with Crippen molar-refractivity contribution in [3.8, 4) is 5.75 Å². The van der Waals surface area contributed by atoms with Crippen molar-refractivity contribution in [2.24, 2.45) is 11.8 Å². The molecular weight excluding hydrogens is 258 g/mol. The van der Waals surface area contributed by atoms with Gasteiger partial charge in [-0.2, -0.15) is 0 Å². The van der Waals surface area contributed by atoms with Gasteiger partial charge in [0.1, 0.15) is 5.75 Å². The fourth-order valence-electron chi connectivity index (χ4n) is 3.12. The van der Waals surface area contributed by atoms with Gasteiger partial charge in [-0.15, -0.1) is 0 Å². The van der Waals surface area contributed by atoms with Gasteiger partial charge in [0.25, 0.3) is 0 Å². The van der Waals surface area contributed by atoms with Gasteiger partial charge in [0.15, 0.2) is 0 Å². The Bertz CT molecular complexity index is 416. The summed E-state index contributed by atoms with van der Waals surface area (Å²) in [6, 6.07) is 8.98. The second-order valence-corrected chi connectivity index (χ2v) is 6.82. The summed E-state index contributed by atoms with van der Waals surface area (Å²) in [5, 5.41) is 3.73. The largest absolute Gasteiger partial charge is 0.491 e. The summed E-state index contributed by atoms with van der Waals surface area (Å²) in [7, 11) is 0. The molecule has 1 fully saturated rings. The van der Waals surface area contributed by atoms with E-state index in [0.717, 1.165) is 24.0 Å². The molecule has 1 aromatic rings. The monoisotopic (exact) mass is 289 g/mol. The molecule has 0 radical (unpaired) electrons. The molecule has 0 amide bonds. The van der Waals surface area contributed by atoms with E-state index in [9.17, 15) is 0 Å². The molecule has 2 rings (SSSR count). The molecule has 1 aliphatic carbocycles. The maximum atomic E-state index is 5.95. The lowest BCUT2D eigenvalue weighted by Crippen LogP contribution is -2.19. The Hall–Kier alpha value is -1.18. The van der Waals surface area contributed by atoms with E-state index in [4.69, 9.17) is 4.74 Å². The van der Waals surface area contributed by atoms with Crippen LogP contribution >= 0.6 is 0 Å². The van der Waals surface area contributed by atoms with Crippen LogP contribution in [0.5, 0.6) is 5.75 Å². The van der Waals surface area contributed by atoms with Gasteiger partial charge < -0.3 is 10.1 Å². The van der Waals surface area contributed by atoms with Crippen LogP contribution in [-0.4, -0.2) is 12.6 Å². The minimum atomic E-state index is 0.557. The zero-order chi connectivity index (χ0) is 15.1. The summed E-state index contributed by atoms with van der Waals surface area (Å²) in [4.78, 5) is 0. The maximum Gasteiger partial charge on any atom is 0.142 e. The third-order valence-electron chi connectivity index (χ3n) is 4.48. The van der Waals surface area contributed by atoms with E-state index in [2.05, 4.69) is 50.4 Å². The number of hydrogen-bond donors (Lipinski definition) is 1. The highest BCUT2D eigenvalue weighted by atomic mass is 16.5. The van der Waals surface area contributed by atoms with Crippen LogP contribution in [0, 0.1) is 11.8 Å². The summed E-state index contributed by atoms with van der Waals surface area (Å²) in [6.07, 6.45) is 8.03. The van der Waals surface area contributed by atoms with E-state index in [1.54, 1.807) is 0 Å².